The first kappa shape index (κ1) is 14.5. The summed E-state index contributed by atoms with van der Waals surface area (Å²) in [5, 5.41) is 11.8. The Balaban J connectivity index is 2.06. The summed E-state index contributed by atoms with van der Waals surface area (Å²) in [6, 6.07) is 2.73. The zero-order chi connectivity index (χ0) is 14.5. The molecular weight excluding hydrogens is 260 g/mol. The van der Waals surface area contributed by atoms with Gasteiger partial charge in [-0.2, -0.15) is 0 Å². The number of amides is 1. The largest absolute Gasteiger partial charge is 0.477 e. The lowest BCUT2D eigenvalue weighted by atomic mass is 10.0. The lowest BCUT2D eigenvalue weighted by Crippen LogP contribution is -2.42. The van der Waals surface area contributed by atoms with Crippen molar-refractivity contribution >= 4 is 11.9 Å². The molecule has 6 heteroatoms. The average molecular weight is 278 g/mol. The number of rotatable bonds is 5. The Hall–Kier alpha value is -1.95. The molecule has 2 heterocycles. The molecule has 2 N–H and O–H groups in total. The van der Waals surface area contributed by atoms with E-state index in [4.69, 9.17) is 9.84 Å². The number of carboxylic acid groups (broad SMARTS) is 1. The molecule has 0 bridgehead atoms. The Morgan fingerprint density at radius 1 is 1.60 bits per heavy atom. The van der Waals surface area contributed by atoms with Gasteiger partial charge in [-0.15, -0.1) is 0 Å². The number of hydrogen-bond donors (Lipinski definition) is 2. The van der Waals surface area contributed by atoms with E-state index in [1.165, 1.54) is 18.3 Å². The fourth-order valence-electron chi connectivity index (χ4n) is 2.32. The highest BCUT2D eigenvalue weighted by atomic mass is 16.5. The highest BCUT2D eigenvalue weighted by Gasteiger charge is 2.26. The number of carbonyl (C=O) groups excluding carboxylic acids is 1. The van der Waals surface area contributed by atoms with Gasteiger partial charge in [-0.25, -0.2) is 9.78 Å². The Kier molecular flexibility index (Phi) is 4.68. The number of carboxylic acids is 1. The van der Waals surface area contributed by atoms with Crippen molar-refractivity contribution in [3.8, 4) is 0 Å². The SMILES string of the molecule is CCC(NC(=O)c1ccnc(C(=O)O)c1)C1CCCO1. The van der Waals surface area contributed by atoms with Gasteiger partial charge in [-0.05, 0) is 31.4 Å². The Morgan fingerprint density at radius 2 is 2.40 bits per heavy atom. The number of aromatic carboxylic acids is 1. The standard InChI is InChI=1S/C14H18N2O4/c1-2-10(12-4-3-7-20-12)16-13(17)9-5-6-15-11(8-9)14(18)19/h5-6,8,10,12H,2-4,7H2,1H3,(H,16,17)(H,18,19). The second-order valence-electron chi connectivity index (χ2n) is 4.77. The summed E-state index contributed by atoms with van der Waals surface area (Å²) in [7, 11) is 0. The van der Waals surface area contributed by atoms with Crippen LogP contribution in [0.2, 0.25) is 0 Å². The summed E-state index contributed by atoms with van der Waals surface area (Å²) >= 11 is 0. The molecule has 1 aliphatic heterocycles. The number of ether oxygens (including phenoxy) is 1. The van der Waals surface area contributed by atoms with E-state index in [0.717, 1.165) is 25.9 Å². The maximum Gasteiger partial charge on any atom is 0.354 e. The molecule has 108 valence electrons. The van der Waals surface area contributed by atoms with Gasteiger partial charge in [-0.1, -0.05) is 6.92 Å². The molecule has 2 unspecified atom stereocenters. The van der Waals surface area contributed by atoms with Crippen LogP contribution in [0.1, 0.15) is 47.0 Å². The predicted molar refractivity (Wildman–Crippen MR) is 71.7 cm³/mol. The summed E-state index contributed by atoms with van der Waals surface area (Å²) < 4.78 is 5.58. The Labute approximate surface area is 117 Å². The summed E-state index contributed by atoms with van der Waals surface area (Å²) in [5.41, 5.74) is 0.164. The number of aromatic nitrogens is 1. The fourth-order valence-corrected chi connectivity index (χ4v) is 2.32. The number of pyridine rings is 1. The lowest BCUT2D eigenvalue weighted by Gasteiger charge is -2.22. The quantitative estimate of drug-likeness (QED) is 0.851. The van der Waals surface area contributed by atoms with Crippen LogP contribution in [0.4, 0.5) is 0 Å². The van der Waals surface area contributed by atoms with Gasteiger partial charge in [0.05, 0.1) is 12.1 Å². The molecule has 0 aliphatic carbocycles. The zero-order valence-electron chi connectivity index (χ0n) is 11.3. The second-order valence-corrected chi connectivity index (χ2v) is 4.77. The monoisotopic (exact) mass is 278 g/mol. The van der Waals surface area contributed by atoms with Crippen LogP contribution >= 0.6 is 0 Å². The molecule has 1 aromatic rings. The van der Waals surface area contributed by atoms with Crippen molar-refractivity contribution in [2.75, 3.05) is 6.61 Å². The Morgan fingerprint density at radius 3 is 3.00 bits per heavy atom. The molecule has 0 radical (unpaired) electrons. The number of carbonyl (C=O) groups is 2. The lowest BCUT2D eigenvalue weighted by molar-refractivity contribution is 0.0665. The normalized spacial score (nSPS) is 19.6. The minimum atomic E-state index is -1.15. The van der Waals surface area contributed by atoms with E-state index >= 15 is 0 Å². The van der Waals surface area contributed by atoms with E-state index < -0.39 is 5.97 Å². The third kappa shape index (κ3) is 3.33. The fraction of sp³-hybridized carbons (Fsp3) is 0.500. The molecule has 0 aromatic carbocycles. The van der Waals surface area contributed by atoms with Crippen molar-refractivity contribution in [3.05, 3.63) is 29.6 Å². The molecule has 1 saturated heterocycles. The summed E-state index contributed by atoms with van der Waals surface area (Å²) in [5.74, 6) is -1.44. The van der Waals surface area contributed by atoms with Crippen LogP contribution in [-0.2, 0) is 4.74 Å². The third-order valence-electron chi connectivity index (χ3n) is 3.41. The minimum Gasteiger partial charge on any atom is -0.477 e. The maximum atomic E-state index is 12.2. The maximum absolute atomic E-state index is 12.2. The molecule has 6 nitrogen and oxygen atoms in total. The van der Waals surface area contributed by atoms with Gasteiger partial charge < -0.3 is 15.2 Å². The van der Waals surface area contributed by atoms with Crippen molar-refractivity contribution < 1.29 is 19.4 Å². The number of nitrogens with zero attached hydrogens (tertiary/aromatic N) is 1. The van der Waals surface area contributed by atoms with Crippen molar-refractivity contribution in [1.82, 2.24) is 10.3 Å². The molecule has 0 spiro atoms. The molecular formula is C14H18N2O4. The zero-order valence-corrected chi connectivity index (χ0v) is 11.3. The van der Waals surface area contributed by atoms with Crippen LogP contribution in [0.5, 0.6) is 0 Å². The van der Waals surface area contributed by atoms with E-state index in [-0.39, 0.29) is 23.7 Å². The van der Waals surface area contributed by atoms with Crippen molar-refractivity contribution in [2.45, 2.75) is 38.3 Å². The van der Waals surface area contributed by atoms with Gasteiger partial charge in [0.1, 0.15) is 5.69 Å². The first-order valence-corrected chi connectivity index (χ1v) is 6.73. The van der Waals surface area contributed by atoms with Crippen LogP contribution < -0.4 is 5.32 Å². The third-order valence-corrected chi connectivity index (χ3v) is 3.41. The van der Waals surface area contributed by atoms with Gasteiger partial charge >= 0.3 is 5.97 Å². The Bertz CT molecular complexity index is 498. The van der Waals surface area contributed by atoms with E-state index in [1.54, 1.807) is 0 Å². The molecule has 1 aromatic heterocycles. The molecule has 0 saturated carbocycles. The average Bonchev–Trinajstić information content (AvgIpc) is 2.98. The van der Waals surface area contributed by atoms with Crippen LogP contribution in [0, 0.1) is 0 Å². The summed E-state index contributed by atoms with van der Waals surface area (Å²) in [4.78, 5) is 26.7. The minimum absolute atomic E-state index is 0.0460. The number of nitrogens with one attached hydrogen (secondary N) is 1. The highest BCUT2D eigenvalue weighted by molar-refractivity contribution is 5.96. The molecule has 2 rings (SSSR count). The van der Waals surface area contributed by atoms with Gasteiger partial charge in [-0.3, -0.25) is 4.79 Å². The van der Waals surface area contributed by atoms with Gasteiger partial charge in [0.25, 0.3) is 5.91 Å². The first-order valence-electron chi connectivity index (χ1n) is 6.73. The highest BCUT2D eigenvalue weighted by Crippen LogP contribution is 2.18. The predicted octanol–water partition coefficient (Wildman–Crippen LogP) is 1.47. The van der Waals surface area contributed by atoms with E-state index in [9.17, 15) is 9.59 Å². The first-order chi connectivity index (χ1) is 9.61. The van der Waals surface area contributed by atoms with Crippen LogP contribution in [0.15, 0.2) is 18.3 Å². The smallest absolute Gasteiger partial charge is 0.354 e. The topological polar surface area (TPSA) is 88.5 Å². The van der Waals surface area contributed by atoms with Crippen LogP contribution in [0.25, 0.3) is 0 Å². The molecule has 20 heavy (non-hydrogen) atoms. The van der Waals surface area contributed by atoms with E-state index in [0.29, 0.717) is 5.56 Å². The van der Waals surface area contributed by atoms with Gasteiger partial charge in [0.2, 0.25) is 0 Å². The van der Waals surface area contributed by atoms with Crippen LogP contribution in [-0.4, -0.2) is 40.7 Å². The van der Waals surface area contributed by atoms with Gasteiger partial charge in [0.15, 0.2) is 0 Å². The summed E-state index contributed by atoms with van der Waals surface area (Å²) in [6.45, 7) is 2.72. The van der Waals surface area contributed by atoms with Crippen molar-refractivity contribution in [3.63, 3.8) is 0 Å². The number of hydrogen-bond acceptors (Lipinski definition) is 4. The molecule has 1 amide bonds. The van der Waals surface area contributed by atoms with E-state index in [1.807, 2.05) is 6.92 Å². The van der Waals surface area contributed by atoms with Crippen molar-refractivity contribution in [1.29, 1.82) is 0 Å². The van der Waals surface area contributed by atoms with E-state index in [2.05, 4.69) is 10.3 Å². The van der Waals surface area contributed by atoms with Gasteiger partial charge in [0, 0.05) is 18.4 Å². The molecule has 1 fully saturated rings. The van der Waals surface area contributed by atoms with Crippen LogP contribution in [0.3, 0.4) is 0 Å². The van der Waals surface area contributed by atoms with Crippen molar-refractivity contribution in [2.24, 2.45) is 0 Å². The second kappa shape index (κ2) is 6.47. The summed E-state index contributed by atoms with van der Waals surface area (Å²) in [6.07, 6.45) is 4.09. The molecule has 1 aliphatic rings. The molecule has 2 atom stereocenters.